The summed E-state index contributed by atoms with van der Waals surface area (Å²) in [5, 5.41) is 17.8. The van der Waals surface area contributed by atoms with Crippen LogP contribution >= 0.6 is 0 Å². The average Bonchev–Trinajstić information content (AvgIpc) is 3.93. The van der Waals surface area contributed by atoms with Gasteiger partial charge in [-0.25, -0.2) is 4.68 Å². The fraction of sp³-hybridized carbons (Fsp3) is 0.500. The first-order chi connectivity index (χ1) is 25.6. The number of likely N-dealkylation sites (tertiary alicyclic amines) is 1. The Morgan fingerprint density at radius 1 is 0.808 bits per heavy atom. The zero-order valence-electron chi connectivity index (χ0n) is 30.8. The van der Waals surface area contributed by atoms with E-state index in [1.807, 2.05) is 42.5 Å². The number of rotatable bonds is 20. The largest absolute Gasteiger partial charge is 0.484 e. The Balaban J connectivity index is 0.931. The summed E-state index contributed by atoms with van der Waals surface area (Å²) in [7, 11) is 0. The molecule has 0 radical (unpaired) electrons. The fourth-order valence-electron chi connectivity index (χ4n) is 7.26. The van der Waals surface area contributed by atoms with Crippen molar-refractivity contribution in [2.45, 2.75) is 116 Å². The fourth-order valence-corrected chi connectivity index (χ4v) is 7.26. The zero-order valence-corrected chi connectivity index (χ0v) is 30.8. The van der Waals surface area contributed by atoms with Crippen LogP contribution in [-0.4, -0.2) is 57.2 Å². The van der Waals surface area contributed by atoms with Crippen molar-refractivity contribution in [1.82, 2.24) is 19.9 Å². The number of amides is 2. The van der Waals surface area contributed by atoms with E-state index in [0.717, 1.165) is 43.4 Å². The molecule has 2 aliphatic rings. The van der Waals surface area contributed by atoms with E-state index in [-0.39, 0.29) is 18.4 Å². The predicted molar refractivity (Wildman–Crippen MR) is 209 cm³/mol. The quantitative estimate of drug-likeness (QED) is 0.0921. The van der Waals surface area contributed by atoms with Gasteiger partial charge < -0.3 is 15.0 Å². The summed E-state index contributed by atoms with van der Waals surface area (Å²) in [6.45, 7) is 3.88. The molecule has 3 heterocycles. The van der Waals surface area contributed by atoms with Gasteiger partial charge in [0, 0.05) is 18.8 Å². The normalized spacial score (nSPS) is 15.8. The summed E-state index contributed by atoms with van der Waals surface area (Å²) < 4.78 is 7.54. The number of benzene rings is 3. The second kappa shape index (κ2) is 19.2. The highest BCUT2D eigenvalue weighted by Gasteiger charge is 2.43. The molecule has 0 saturated carbocycles. The first kappa shape index (κ1) is 37.0. The summed E-state index contributed by atoms with van der Waals surface area (Å²) in [6.07, 6.45) is 20.7. The first-order valence-corrected chi connectivity index (χ1v) is 19.7. The van der Waals surface area contributed by atoms with Crippen molar-refractivity contribution in [1.29, 1.82) is 0 Å². The van der Waals surface area contributed by atoms with Gasteiger partial charge in [0.15, 0.2) is 18.5 Å². The van der Waals surface area contributed by atoms with Gasteiger partial charge in [0.1, 0.15) is 11.3 Å². The van der Waals surface area contributed by atoms with Gasteiger partial charge in [-0.05, 0) is 79.8 Å². The highest BCUT2D eigenvalue weighted by molar-refractivity contribution is 6.17. The van der Waals surface area contributed by atoms with Crippen LogP contribution in [0.3, 0.4) is 0 Å². The maximum absolute atomic E-state index is 13.9. The van der Waals surface area contributed by atoms with Crippen LogP contribution in [0.1, 0.15) is 115 Å². The Kier molecular flexibility index (Phi) is 13.7. The van der Waals surface area contributed by atoms with E-state index < -0.39 is 6.04 Å². The van der Waals surface area contributed by atoms with Crippen molar-refractivity contribution in [3.8, 4) is 5.75 Å². The van der Waals surface area contributed by atoms with E-state index in [2.05, 4.69) is 33.5 Å². The number of anilines is 2. The van der Waals surface area contributed by atoms with Crippen molar-refractivity contribution in [2.75, 3.05) is 30.0 Å². The highest BCUT2D eigenvalue weighted by Crippen LogP contribution is 2.32. The number of carbonyl (C=O) groups excluding carboxylic acids is 2. The molecule has 2 aliphatic heterocycles. The molecule has 1 unspecified atom stereocenters. The number of hydrazone groups is 1. The van der Waals surface area contributed by atoms with Crippen molar-refractivity contribution in [3.63, 3.8) is 0 Å². The minimum absolute atomic E-state index is 0.0917. The van der Waals surface area contributed by atoms with Gasteiger partial charge in [0.25, 0.3) is 11.8 Å². The van der Waals surface area contributed by atoms with Crippen LogP contribution in [0.2, 0.25) is 0 Å². The van der Waals surface area contributed by atoms with E-state index in [0.29, 0.717) is 23.0 Å². The SMILES string of the molecule is CCCCCCCCCCCCCCCc1cccc(OCC(=O)Nc2ccc(N3N=C(N4CCCC4)C(n4nnc5ccccc54)C3=O)cc2)c1. The summed E-state index contributed by atoms with van der Waals surface area (Å²) >= 11 is 0. The van der Waals surface area contributed by atoms with Gasteiger partial charge in [-0.1, -0.05) is 113 Å². The van der Waals surface area contributed by atoms with Crippen LogP contribution < -0.4 is 15.1 Å². The number of carbonyl (C=O) groups is 2. The van der Waals surface area contributed by atoms with Crippen molar-refractivity contribution >= 4 is 40.1 Å². The molecule has 2 amide bonds. The van der Waals surface area contributed by atoms with Gasteiger partial charge in [-0.3, -0.25) is 9.59 Å². The molecule has 1 fully saturated rings. The molecule has 276 valence electrons. The molecule has 1 atom stereocenters. The maximum Gasteiger partial charge on any atom is 0.280 e. The van der Waals surface area contributed by atoms with Gasteiger partial charge in [0.2, 0.25) is 0 Å². The average molecular weight is 706 g/mol. The molecule has 10 heteroatoms. The Morgan fingerprint density at radius 2 is 1.48 bits per heavy atom. The van der Waals surface area contributed by atoms with Crippen LogP contribution in [0.5, 0.6) is 5.75 Å². The van der Waals surface area contributed by atoms with Gasteiger partial charge in [-0.15, -0.1) is 10.2 Å². The van der Waals surface area contributed by atoms with Crippen LogP contribution in [0.15, 0.2) is 77.9 Å². The zero-order chi connectivity index (χ0) is 36.0. The Hall–Kier alpha value is -4.73. The lowest BCUT2D eigenvalue weighted by atomic mass is 10.0. The minimum Gasteiger partial charge on any atom is -0.484 e. The third-order valence-corrected chi connectivity index (χ3v) is 10.2. The standard InChI is InChI=1S/C42H55N7O3/c1-2-3-4-5-6-7-8-9-10-11-12-13-14-20-33-21-19-22-36(31-33)52-32-39(50)43-34-25-27-35(28-26-34)48-42(51)40(41(45-48)47-29-17-18-30-47)49-38-24-16-15-23-37(38)44-46-49/h15-16,19,21-28,31,40H,2-14,17-18,20,29-30,32H2,1H3,(H,43,50). The minimum atomic E-state index is -0.699. The first-order valence-electron chi connectivity index (χ1n) is 19.7. The topological polar surface area (TPSA) is 105 Å². The second-order valence-electron chi connectivity index (χ2n) is 14.3. The predicted octanol–water partition coefficient (Wildman–Crippen LogP) is 9.08. The molecule has 52 heavy (non-hydrogen) atoms. The second-order valence-corrected chi connectivity index (χ2v) is 14.3. The Labute approximate surface area is 308 Å². The smallest absolute Gasteiger partial charge is 0.280 e. The van der Waals surface area contributed by atoms with Gasteiger partial charge >= 0.3 is 0 Å². The Morgan fingerprint density at radius 3 is 2.19 bits per heavy atom. The number of amidine groups is 1. The lowest BCUT2D eigenvalue weighted by Crippen LogP contribution is -2.37. The van der Waals surface area contributed by atoms with Gasteiger partial charge in [-0.2, -0.15) is 5.01 Å². The molecule has 3 aromatic carbocycles. The number of nitrogens with zero attached hydrogens (tertiary/aromatic N) is 6. The van der Waals surface area contributed by atoms with Gasteiger partial charge in [0.05, 0.1) is 11.2 Å². The van der Waals surface area contributed by atoms with E-state index >= 15 is 0 Å². The van der Waals surface area contributed by atoms with E-state index in [4.69, 9.17) is 9.84 Å². The van der Waals surface area contributed by atoms with Crippen molar-refractivity contribution < 1.29 is 14.3 Å². The highest BCUT2D eigenvalue weighted by atomic mass is 16.5. The van der Waals surface area contributed by atoms with Crippen LogP contribution in [0.25, 0.3) is 11.0 Å². The molecular weight excluding hydrogens is 651 g/mol. The third kappa shape index (κ3) is 9.98. The molecule has 4 aromatic rings. The number of hydrogen-bond donors (Lipinski definition) is 1. The molecule has 1 aromatic heterocycles. The molecule has 6 rings (SSSR count). The number of ether oxygens (including phenoxy) is 1. The summed E-state index contributed by atoms with van der Waals surface area (Å²) in [6, 6.07) is 22.2. The molecule has 1 saturated heterocycles. The lowest BCUT2D eigenvalue weighted by molar-refractivity contribution is -0.119. The van der Waals surface area contributed by atoms with E-state index in [1.165, 1.54) is 94.0 Å². The summed E-state index contributed by atoms with van der Waals surface area (Å²) in [4.78, 5) is 28.9. The molecule has 0 bridgehead atoms. The molecule has 10 nitrogen and oxygen atoms in total. The number of hydrogen-bond acceptors (Lipinski definition) is 7. The summed E-state index contributed by atoms with van der Waals surface area (Å²) in [5.74, 6) is 0.936. The third-order valence-electron chi connectivity index (χ3n) is 10.2. The maximum atomic E-state index is 13.9. The number of para-hydroxylation sites is 1. The van der Waals surface area contributed by atoms with Crippen LogP contribution in [0.4, 0.5) is 11.4 Å². The lowest BCUT2D eigenvalue weighted by Gasteiger charge is -2.21. The van der Waals surface area contributed by atoms with E-state index in [1.54, 1.807) is 28.9 Å². The number of aryl methyl sites for hydroxylation is 1. The number of aromatic nitrogens is 3. The number of unbranched alkanes of at least 4 members (excludes halogenated alkanes) is 12. The van der Waals surface area contributed by atoms with E-state index in [9.17, 15) is 9.59 Å². The monoisotopic (exact) mass is 705 g/mol. The van der Waals surface area contributed by atoms with Crippen LogP contribution in [0, 0.1) is 0 Å². The van der Waals surface area contributed by atoms with Crippen molar-refractivity contribution in [3.05, 3.63) is 78.4 Å². The molecule has 0 aliphatic carbocycles. The Bertz CT molecular complexity index is 1760. The van der Waals surface area contributed by atoms with Crippen LogP contribution in [-0.2, 0) is 16.0 Å². The molecule has 1 N–H and O–H groups in total. The number of nitrogens with one attached hydrogen (secondary N) is 1. The molecular formula is C42H55N7O3. The van der Waals surface area contributed by atoms with Crippen molar-refractivity contribution in [2.24, 2.45) is 5.10 Å². The number of fused-ring (bicyclic) bond motifs is 1. The molecule has 0 spiro atoms. The summed E-state index contributed by atoms with van der Waals surface area (Å²) in [5.41, 5.74) is 3.99.